The SMILES string of the molecule is CC(O)C(=O)N1CCC(n2nc(C(F)(F)F)cc2C(C)C)C1. The van der Waals surface area contributed by atoms with Gasteiger partial charge in [-0.2, -0.15) is 18.3 Å². The van der Waals surface area contributed by atoms with Crippen molar-refractivity contribution in [3.63, 3.8) is 0 Å². The highest BCUT2D eigenvalue weighted by Crippen LogP contribution is 2.33. The third kappa shape index (κ3) is 3.26. The van der Waals surface area contributed by atoms with Crippen LogP contribution in [-0.2, 0) is 11.0 Å². The Bertz CT molecular complexity index is 552. The Hall–Kier alpha value is -1.57. The molecule has 124 valence electrons. The van der Waals surface area contributed by atoms with E-state index in [4.69, 9.17) is 0 Å². The van der Waals surface area contributed by atoms with Crippen molar-refractivity contribution >= 4 is 5.91 Å². The molecule has 1 saturated heterocycles. The maximum Gasteiger partial charge on any atom is 0.435 e. The summed E-state index contributed by atoms with van der Waals surface area (Å²) in [6.45, 7) is 5.67. The average Bonchev–Trinajstić information content (AvgIpc) is 3.03. The second-order valence-corrected chi connectivity index (χ2v) is 5.95. The predicted molar refractivity (Wildman–Crippen MR) is 73.2 cm³/mol. The molecular formula is C14H20F3N3O2. The van der Waals surface area contributed by atoms with Gasteiger partial charge in [0.15, 0.2) is 5.69 Å². The number of hydrogen-bond acceptors (Lipinski definition) is 3. The van der Waals surface area contributed by atoms with Gasteiger partial charge in [0.2, 0.25) is 0 Å². The molecule has 1 aromatic rings. The topological polar surface area (TPSA) is 58.4 Å². The summed E-state index contributed by atoms with van der Waals surface area (Å²) in [6, 6.07) is 0.778. The highest BCUT2D eigenvalue weighted by Gasteiger charge is 2.37. The van der Waals surface area contributed by atoms with Crippen molar-refractivity contribution in [3.05, 3.63) is 17.5 Å². The van der Waals surface area contributed by atoms with Crippen LogP contribution in [0.1, 0.15) is 50.5 Å². The van der Waals surface area contributed by atoms with Gasteiger partial charge in [0.05, 0.1) is 6.04 Å². The summed E-state index contributed by atoms with van der Waals surface area (Å²) in [5.74, 6) is -0.512. The van der Waals surface area contributed by atoms with Gasteiger partial charge in [-0.05, 0) is 25.3 Å². The van der Waals surface area contributed by atoms with E-state index in [1.54, 1.807) is 13.8 Å². The number of alkyl halides is 3. The molecule has 1 amide bonds. The van der Waals surface area contributed by atoms with Crippen LogP contribution in [0.5, 0.6) is 0 Å². The number of nitrogens with zero attached hydrogens (tertiary/aromatic N) is 3. The summed E-state index contributed by atoms with van der Waals surface area (Å²) in [6.07, 6.45) is -5.06. The van der Waals surface area contributed by atoms with Crippen molar-refractivity contribution in [1.29, 1.82) is 0 Å². The standard InChI is InChI=1S/C14H20F3N3O2/c1-8(2)11-6-12(14(15,16)17)18-20(11)10-4-5-19(7-10)13(22)9(3)21/h6,8-10,21H,4-5,7H2,1-3H3. The smallest absolute Gasteiger partial charge is 0.384 e. The fourth-order valence-electron chi connectivity index (χ4n) is 2.68. The first-order valence-corrected chi connectivity index (χ1v) is 7.24. The maximum absolute atomic E-state index is 12.9. The minimum Gasteiger partial charge on any atom is -0.384 e. The molecule has 1 aromatic heterocycles. The number of aromatic nitrogens is 2. The molecular weight excluding hydrogens is 299 g/mol. The third-order valence-electron chi connectivity index (χ3n) is 3.82. The molecule has 0 aromatic carbocycles. The first kappa shape index (κ1) is 16.8. The van der Waals surface area contributed by atoms with E-state index in [1.807, 2.05) is 0 Å². The Kier molecular flexibility index (Phi) is 4.51. The summed E-state index contributed by atoms with van der Waals surface area (Å²) >= 11 is 0. The lowest BCUT2D eigenvalue weighted by Gasteiger charge is -2.19. The molecule has 2 rings (SSSR count). The first-order valence-electron chi connectivity index (χ1n) is 7.24. The molecule has 2 atom stereocenters. The van der Waals surface area contributed by atoms with Crippen molar-refractivity contribution in [2.75, 3.05) is 13.1 Å². The van der Waals surface area contributed by atoms with Gasteiger partial charge >= 0.3 is 6.18 Å². The number of aliphatic hydroxyl groups is 1. The number of rotatable bonds is 3. The van der Waals surface area contributed by atoms with Crippen LogP contribution in [-0.4, -0.2) is 44.9 Å². The van der Waals surface area contributed by atoms with E-state index >= 15 is 0 Å². The van der Waals surface area contributed by atoms with E-state index in [-0.39, 0.29) is 18.5 Å². The Morgan fingerprint density at radius 1 is 1.41 bits per heavy atom. The molecule has 22 heavy (non-hydrogen) atoms. The lowest BCUT2D eigenvalue weighted by atomic mass is 10.1. The summed E-state index contributed by atoms with van der Waals surface area (Å²) in [4.78, 5) is 13.2. The lowest BCUT2D eigenvalue weighted by Crippen LogP contribution is -2.36. The second-order valence-electron chi connectivity index (χ2n) is 5.95. The van der Waals surface area contributed by atoms with Gasteiger partial charge in [0.25, 0.3) is 5.91 Å². The van der Waals surface area contributed by atoms with Gasteiger partial charge in [-0.25, -0.2) is 0 Å². The van der Waals surface area contributed by atoms with Crippen LogP contribution in [0.15, 0.2) is 6.07 Å². The number of carbonyl (C=O) groups excluding carboxylic acids is 1. The zero-order chi connectivity index (χ0) is 16.7. The fourth-order valence-corrected chi connectivity index (χ4v) is 2.68. The zero-order valence-electron chi connectivity index (χ0n) is 12.8. The van der Waals surface area contributed by atoms with Crippen LogP contribution in [0, 0.1) is 0 Å². The zero-order valence-corrected chi connectivity index (χ0v) is 12.8. The molecule has 0 bridgehead atoms. The number of amides is 1. The van der Waals surface area contributed by atoms with Crippen LogP contribution in [0.4, 0.5) is 13.2 Å². The van der Waals surface area contributed by atoms with Crippen molar-refractivity contribution in [3.8, 4) is 0 Å². The van der Waals surface area contributed by atoms with Crippen molar-refractivity contribution in [1.82, 2.24) is 14.7 Å². The van der Waals surface area contributed by atoms with E-state index in [0.29, 0.717) is 18.7 Å². The quantitative estimate of drug-likeness (QED) is 0.929. The maximum atomic E-state index is 12.9. The molecule has 2 heterocycles. The molecule has 1 N–H and O–H groups in total. The third-order valence-corrected chi connectivity index (χ3v) is 3.82. The van der Waals surface area contributed by atoms with Crippen molar-refractivity contribution in [2.24, 2.45) is 0 Å². The van der Waals surface area contributed by atoms with Gasteiger partial charge in [-0.3, -0.25) is 9.48 Å². The molecule has 1 fully saturated rings. The molecule has 0 saturated carbocycles. The number of aliphatic hydroxyl groups excluding tert-OH is 1. The average molecular weight is 319 g/mol. The van der Waals surface area contributed by atoms with Crippen LogP contribution < -0.4 is 0 Å². The van der Waals surface area contributed by atoms with Crippen molar-refractivity contribution in [2.45, 2.75) is 51.4 Å². The molecule has 0 radical (unpaired) electrons. The Labute approximate surface area is 126 Å². The summed E-state index contributed by atoms with van der Waals surface area (Å²) in [5, 5.41) is 13.0. The predicted octanol–water partition coefficient (Wildman–Crippen LogP) is 2.18. The van der Waals surface area contributed by atoms with E-state index < -0.39 is 23.9 Å². The second kappa shape index (κ2) is 5.91. The molecule has 1 aliphatic rings. The van der Waals surface area contributed by atoms with E-state index in [0.717, 1.165) is 6.07 Å². The highest BCUT2D eigenvalue weighted by molar-refractivity contribution is 5.80. The molecule has 5 nitrogen and oxygen atoms in total. The van der Waals surface area contributed by atoms with E-state index in [2.05, 4.69) is 5.10 Å². The molecule has 8 heteroatoms. The monoisotopic (exact) mass is 319 g/mol. The van der Waals surface area contributed by atoms with E-state index in [9.17, 15) is 23.1 Å². The highest BCUT2D eigenvalue weighted by atomic mass is 19.4. The summed E-state index contributed by atoms with van der Waals surface area (Å²) in [7, 11) is 0. The number of likely N-dealkylation sites (tertiary alicyclic amines) is 1. The minimum atomic E-state index is -4.48. The lowest BCUT2D eigenvalue weighted by molar-refractivity contribution is -0.141. The molecule has 0 aliphatic carbocycles. The van der Waals surface area contributed by atoms with Gasteiger partial charge < -0.3 is 10.0 Å². The van der Waals surface area contributed by atoms with E-state index in [1.165, 1.54) is 16.5 Å². The largest absolute Gasteiger partial charge is 0.435 e. The van der Waals surface area contributed by atoms with Crippen molar-refractivity contribution < 1.29 is 23.1 Å². The molecule has 0 spiro atoms. The Morgan fingerprint density at radius 2 is 2.05 bits per heavy atom. The molecule has 1 aliphatic heterocycles. The van der Waals surface area contributed by atoms with Crippen LogP contribution in [0.2, 0.25) is 0 Å². The number of halogens is 3. The fraction of sp³-hybridized carbons (Fsp3) is 0.714. The van der Waals surface area contributed by atoms with Crippen LogP contribution in [0.3, 0.4) is 0 Å². The summed E-state index contributed by atoms with van der Waals surface area (Å²) < 4.78 is 40.0. The normalized spacial score (nSPS) is 20.7. The van der Waals surface area contributed by atoms with Crippen LogP contribution in [0.25, 0.3) is 0 Å². The minimum absolute atomic E-state index is 0.106. The van der Waals surface area contributed by atoms with Gasteiger partial charge in [0.1, 0.15) is 6.10 Å². The first-order chi connectivity index (χ1) is 10.1. The van der Waals surface area contributed by atoms with Gasteiger partial charge in [-0.1, -0.05) is 13.8 Å². The summed E-state index contributed by atoms with van der Waals surface area (Å²) in [5.41, 5.74) is -0.403. The van der Waals surface area contributed by atoms with Crippen LogP contribution >= 0.6 is 0 Å². The number of carbonyl (C=O) groups is 1. The Balaban J connectivity index is 2.26. The van der Waals surface area contributed by atoms with Gasteiger partial charge in [0, 0.05) is 18.8 Å². The van der Waals surface area contributed by atoms with Gasteiger partial charge in [-0.15, -0.1) is 0 Å². The Morgan fingerprint density at radius 3 is 2.55 bits per heavy atom. The molecule has 2 unspecified atom stereocenters. The number of hydrogen-bond donors (Lipinski definition) is 1.